The molecule has 0 amide bonds. The maximum atomic E-state index is 12.0. The summed E-state index contributed by atoms with van der Waals surface area (Å²) >= 11 is 0. The van der Waals surface area contributed by atoms with Gasteiger partial charge in [-0.2, -0.15) is 4.73 Å². The number of methoxy groups -OCH3 is 1. The minimum absolute atomic E-state index is 0.238. The van der Waals surface area contributed by atoms with E-state index in [9.17, 15) is 10.0 Å². The molecule has 0 saturated carbocycles. The number of rotatable bonds is 6. The van der Waals surface area contributed by atoms with Crippen molar-refractivity contribution in [2.75, 3.05) is 26.9 Å². The van der Waals surface area contributed by atoms with E-state index in [1.165, 1.54) is 6.20 Å². The van der Waals surface area contributed by atoms with E-state index in [4.69, 9.17) is 9.47 Å². The van der Waals surface area contributed by atoms with Crippen molar-refractivity contribution >= 4 is 16.5 Å². The standard InChI is InChI=1S/C16H20N2O4/c1-4-12(10-22-8-7-21-3)14-11(2)9-17-15-13(14)5-6-18(20)16(15)19/h4-6,9,20H,7-8,10H2,1-3H3/b12-4-. The Morgan fingerprint density at radius 1 is 1.45 bits per heavy atom. The predicted molar refractivity (Wildman–Crippen MR) is 84.3 cm³/mol. The lowest BCUT2D eigenvalue weighted by molar-refractivity contribution is 0.0878. The molecular formula is C16H20N2O4. The first-order chi connectivity index (χ1) is 10.6. The van der Waals surface area contributed by atoms with Crippen molar-refractivity contribution < 1.29 is 14.7 Å². The summed E-state index contributed by atoms with van der Waals surface area (Å²) in [4.78, 5) is 16.1. The monoisotopic (exact) mass is 304 g/mol. The lowest BCUT2D eigenvalue weighted by Crippen LogP contribution is -2.18. The Bertz CT molecular complexity index is 750. The second-order valence-corrected chi connectivity index (χ2v) is 4.90. The highest BCUT2D eigenvalue weighted by molar-refractivity contribution is 5.92. The third-order valence-corrected chi connectivity index (χ3v) is 3.46. The zero-order valence-electron chi connectivity index (χ0n) is 13.0. The zero-order valence-corrected chi connectivity index (χ0v) is 13.0. The molecule has 22 heavy (non-hydrogen) atoms. The SMILES string of the molecule is C/C=C(/COCCOC)c1c(C)cnc2c(=O)n(O)ccc12. The Hall–Kier alpha value is -2.18. The van der Waals surface area contributed by atoms with E-state index in [0.717, 1.165) is 16.7 Å². The summed E-state index contributed by atoms with van der Waals surface area (Å²) < 4.78 is 11.1. The van der Waals surface area contributed by atoms with Crippen molar-refractivity contribution in [2.45, 2.75) is 13.8 Å². The van der Waals surface area contributed by atoms with Crippen LogP contribution in [0.1, 0.15) is 18.1 Å². The van der Waals surface area contributed by atoms with Gasteiger partial charge in [-0.1, -0.05) is 6.08 Å². The zero-order chi connectivity index (χ0) is 16.1. The van der Waals surface area contributed by atoms with Gasteiger partial charge in [0.1, 0.15) is 5.52 Å². The number of aryl methyl sites for hydroxylation is 1. The number of ether oxygens (including phenoxy) is 2. The van der Waals surface area contributed by atoms with Gasteiger partial charge in [-0.15, -0.1) is 0 Å². The molecule has 0 atom stereocenters. The van der Waals surface area contributed by atoms with Crippen LogP contribution in [-0.2, 0) is 9.47 Å². The number of aromatic nitrogens is 2. The van der Waals surface area contributed by atoms with Crippen molar-refractivity contribution in [2.24, 2.45) is 0 Å². The smallest absolute Gasteiger partial charge is 0.309 e. The van der Waals surface area contributed by atoms with Gasteiger partial charge in [0.15, 0.2) is 0 Å². The molecule has 118 valence electrons. The van der Waals surface area contributed by atoms with Crippen LogP contribution in [0.4, 0.5) is 0 Å². The van der Waals surface area contributed by atoms with Crippen LogP contribution >= 0.6 is 0 Å². The van der Waals surface area contributed by atoms with E-state index in [1.807, 2.05) is 19.9 Å². The van der Waals surface area contributed by atoms with Crippen LogP contribution in [0.2, 0.25) is 0 Å². The van der Waals surface area contributed by atoms with Crippen LogP contribution in [0.15, 0.2) is 29.3 Å². The first kappa shape index (κ1) is 16.2. The molecule has 0 fully saturated rings. The summed E-state index contributed by atoms with van der Waals surface area (Å²) in [7, 11) is 1.63. The molecule has 0 aromatic carbocycles. The Labute approximate surface area is 128 Å². The number of nitrogens with zero attached hydrogens (tertiary/aromatic N) is 2. The third-order valence-electron chi connectivity index (χ3n) is 3.46. The molecule has 0 aliphatic heterocycles. The van der Waals surface area contributed by atoms with Gasteiger partial charge in [0, 0.05) is 24.9 Å². The van der Waals surface area contributed by atoms with E-state index >= 15 is 0 Å². The maximum Gasteiger partial charge on any atom is 0.309 e. The van der Waals surface area contributed by atoms with Crippen LogP contribution in [0.5, 0.6) is 0 Å². The lowest BCUT2D eigenvalue weighted by atomic mass is 9.98. The normalized spacial score (nSPS) is 12.0. The van der Waals surface area contributed by atoms with Gasteiger partial charge in [-0.25, -0.2) is 4.98 Å². The fraction of sp³-hybridized carbons (Fsp3) is 0.375. The number of fused-ring (bicyclic) bond motifs is 1. The third kappa shape index (κ3) is 3.18. The largest absolute Gasteiger partial charge is 0.425 e. The maximum absolute atomic E-state index is 12.0. The first-order valence-electron chi connectivity index (χ1n) is 7.02. The fourth-order valence-electron chi connectivity index (χ4n) is 2.33. The van der Waals surface area contributed by atoms with Crippen LogP contribution < -0.4 is 5.56 Å². The van der Waals surface area contributed by atoms with Crippen LogP contribution in [-0.4, -0.2) is 41.9 Å². The number of hydrogen-bond acceptors (Lipinski definition) is 5. The van der Waals surface area contributed by atoms with E-state index < -0.39 is 5.56 Å². The molecule has 6 nitrogen and oxygen atoms in total. The molecule has 0 aliphatic carbocycles. The highest BCUT2D eigenvalue weighted by Gasteiger charge is 2.13. The molecular weight excluding hydrogens is 284 g/mol. The highest BCUT2D eigenvalue weighted by Crippen LogP contribution is 2.26. The average molecular weight is 304 g/mol. The summed E-state index contributed by atoms with van der Waals surface area (Å²) in [5.74, 6) is 0. The Morgan fingerprint density at radius 3 is 2.91 bits per heavy atom. The highest BCUT2D eigenvalue weighted by atomic mass is 16.5. The quantitative estimate of drug-likeness (QED) is 0.653. The summed E-state index contributed by atoms with van der Waals surface area (Å²) in [6, 6.07) is 1.69. The number of allylic oxidation sites excluding steroid dienone is 1. The van der Waals surface area contributed by atoms with Gasteiger partial charge in [0.25, 0.3) is 0 Å². The number of pyridine rings is 2. The molecule has 0 unspecified atom stereocenters. The van der Waals surface area contributed by atoms with Gasteiger partial charge in [-0.05, 0) is 36.6 Å². The van der Waals surface area contributed by atoms with Gasteiger partial charge in [0.05, 0.1) is 19.8 Å². The van der Waals surface area contributed by atoms with Crippen molar-refractivity contribution in [3.63, 3.8) is 0 Å². The molecule has 2 aromatic heterocycles. The topological polar surface area (TPSA) is 73.6 Å². The van der Waals surface area contributed by atoms with Crippen LogP contribution in [0.3, 0.4) is 0 Å². The minimum atomic E-state index is -0.533. The van der Waals surface area contributed by atoms with Gasteiger partial charge < -0.3 is 14.7 Å². The Morgan fingerprint density at radius 2 is 2.23 bits per heavy atom. The number of hydrogen-bond donors (Lipinski definition) is 1. The minimum Gasteiger partial charge on any atom is -0.425 e. The molecule has 0 spiro atoms. The molecule has 0 aliphatic rings. The average Bonchev–Trinajstić information content (AvgIpc) is 2.52. The van der Waals surface area contributed by atoms with Crippen molar-refractivity contribution in [3.05, 3.63) is 46.0 Å². The molecule has 0 bridgehead atoms. The molecule has 1 N–H and O–H groups in total. The van der Waals surface area contributed by atoms with Gasteiger partial charge >= 0.3 is 5.56 Å². The van der Waals surface area contributed by atoms with Gasteiger partial charge in [-0.3, -0.25) is 4.79 Å². The molecule has 0 saturated heterocycles. The Kier molecular flexibility index (Phi) is 5.30. The van der Waals surface area contributed by atoms with E-state index in [0.29, 0.717) is 29.9 Å². The molecule has 0 radical (unpaired) electrons. The van der Waals surface area contributed by atoms with Crippen molar-refractivity contribution in [1.82, 2.24) is 9.71 Å². The summed E-state index contributed by atoms with van der Waals surface area (Å²) in [6.07, 6.45) is 4.92. The van der Waals surface area contributed by atoms with Crippen molar-refractivity contribution in [3.8, 4) is 0 Å². The van der Waals surface area contributed by atoms with Crippen molar-refractivity contribution in [1.29, 1.82) is 0 Å². The van der Waals surface area contributed by atoms with E-state index in [2.05, 4.69) is 4.98 Å². The van der Waals surface area contributed by atoms with Crippen LogP contribution in [0, 0.1) is 6.92 Å². The second-order valence-electron chi connectivity index (χ2n) is 4.90. The van der Waals surface area contributed by atoms with Crippen LogP contribution in [0.25, 0.3) is 16.5 Å². The first-order valence-corrected chi connectivity index (χ1v) is 7.02. The summed E-state index contributed by atoms with van der Waals surface area (Å²) in [6.45, 7) is 5.31. The lowest BCUT2D eigenvalue weighted by Gasteiger charge is -2.14. The molecule has 2 heterocycles. The predicted octanol–water partition coefficient (Wildman–Crippen LogP) is 2.01. The van der Waals surface area contributed by atoms with Gasteiger partial charge in [0.2, 0.25) is 0 Å². The molecule has 2 rings (SSSR count). The summed E-state index contributed by atoms with van der Waals surface area (Å²) in [5.41, 5.74) is 2.54. The fourth-order valence-corrected chi connectivity index (χ4v) is 2.33. The Balaban J connectivity index is 2.47. The molecule has 6 heteroatoms. The molecule has 2 aromatic rings. The van der Waals surface area contributed by atoms with E-state index in [-0.39, 0.29) is 5.52 Å². The van der Waals surface area contributed by atoms with E-state index in [1.54, 1.807) is 19.4 Å². The summed E-state index contributed by atoms with van der Waals surface area (Å²) in [5, 5.41) is 10.2. The second kappa shape index (κ2) is 7.20.